The fourth-order valence-electron chi connectivity index (χ4n) is 1.86. The molecule has 0 saturated carbocycles. The minimum atomic E-state index is -3.33. The number of hydrogen-bond donors (Lipinski definition) is 3. The van der Waals surface area contributed by atoms with Gasteiger partial charge in [-0.3, -0.25) is 0 Å². The van der Waals surface area contributed by atoms with Crippen LogP contribution in [-0.2, 0) is 10.0 Å². The van der Waals surface area contributed by atoms with Crippen LogP contribution in [0.1, 0.15) is 6.42 Å². The third-order valence-electron chi connectivity index (χ3n) is 2.86. The molecule has 1 aromatic carbocycles. The first-order valence-electron chi connectivity index (χ1n) is 5.63. The molecule has 1 heterocycles. The Balaban J connectivity index is 2.07. The van der Waals surface area contributed by atoms with Crippen LogP contribution >= 0.6 is 0 Å². The van der Waals surface area contributed by atoms with Gasteiger partial charge in [-0.15, -0.1) is 0 Å². The summed E-state index contributed by atoms with van der Waals surface area (Å²) in [7, 11) is -1.92. The lowest BCUT2D eigenvalue weighted by atomic mass is 10.2. The highest BCUT2D eigenvalue weighted by Gasteiger charge is 2.14. The van der Waals surface area contributed by atoms with Crippen LogP contribution < -0.4 is 15.4 Å². The molecule has 1 saturated heterocycles. The summed E-state index contributed by atoms with van der Waals surface area (Å²) in [5.74, 6) is 0. The Morgan fingerprint density at radius 3 is 2.53 bits per heavy atom. The normalized spacial score (nSPS) is 20.4. The van der Waals surface area contributed by atoms with E-state index in [9.17, 15) is 8.42 Å². The summed E-state index contributed by atoms with van der Waals surface area (Å²) >= 11 is 0. The molecule has 5 nitrogen and oxygen atoms in total. The Bertz CT molecular complexity index is 464. The van der Waals surface area contributed by atoms with Crippen molar-refractivity contribution in [2.45, 2.75) is 17.4 Å². The lowest BCUT2D eigenvalue weighted by Gasteiger charge is -2.13. The molecule has 0 amide bonds. The molecule has 3 N–H and O–H groups in total. The standard InChI is InChI=1S/C11H17N3O2S/c1-12-17(15,16)11-4-2-9(3-5-11)14-10-6-7-13-8-10/h2-5,10,12-14H,6-8H2,1H3. The molecule has 1 aromatic rings. The van der Waals surface area contributed by atoms with Gasteiger partial charge in [-0.2, -0.15) is 0 Å². The molecule has 2 rings (SSSR count). The first kappa shape index (κ1) is 12.3. The fraction of sp³-hybridized carbons (Fsp3) is 0.455. The predicted molar refractivity (Wildman–Crippen MR) is 67.6 cm³/mol. The number of rotatable bonds is 4. The van der Waals surface area contributed by atoms with Crippen LogP contribution in [0, 0.1) is 0 Å². The van der Waals surface area contributed by atoms with Crippen molar-refractivity contribution in [2.24, 2.45) is 0 Å². The summed E-state index contributed by atoms with van der Waals surface area (Å²) in [6.07, 6.45) is 1.09. The number of benzene rings is 1. The Morgan fingerprint density at radius 1 is 1.29 bits per heavy atom. The Labute approximate surface area is 102 Å². The number of nitrogens with one attached hydrogen (secondary N) is 3. The van der Waals surface area contributed by atoms with Gasteiger partial charge in [0.15, 0.2) is 0 Å². The van der Waals surface area contributed by atoms with Gasteiger partial charge < -0.3 is 10.6 Å². The van der Waals surface area contributed by atoms with Gasteiger partial charge in [0.1, 0.15) is 0 Å². The lowest BCUT2D eigenvalue weighted by Crippen LogP contribution is -2.22. The van der Waals surface area contributed by atoms with Crippen molar-refractivity contribution in [3.63, 3.8) is 0 Å². The van der Waals surface area contributed by atoms with Gasteiger partial charge in [0.05, 0.1) is 4.90 Å². The third kappa shape index (κ3) is 2.96. The van der Waals surface area contributed by atoms with Crippen molar-refractivity contribution in [2.75, 3.05) is 25.5 Å². The van der Waals surface area contributed by atoms with Crippen LogP contribution in [0.15, 0.2) is 29.2 Å². The molecule has 0 bridgehead atoms. The second-order valence-electron chi connectivity index (χ2n) is 4.07. The number of hydrogen-bond acceptors (Lipinski definition) is 4. The van der Waals surface area contributed by atoms with E-state index in [0.29, 0.717) is 6.04 Å². The van der Waals surface area contributed by atoms with Gasteiger partial charge in [0.25, 0.3) is 0 Å². The van der Waals surface area contributed by atoms with E-state index >= 15 is 0 Å². The van der Waals surface area contributed by atoms with E-state index in [2.05, 4.69) is 15.4 Å². The zero-order chi connectivity index (χ0) is 12.3. The van der Waals surface area contributed by atoms with Crippen molar-refractivity contribution in [1.29, 1.82) is 0 Å². The Hall–Kier alpha value is -1.11. The Morgan fingerprint density at radius 2 is 2.00 bits per heavy atom. The molecule has 1 aliphatic rings. The second-order valence-corrected chi connectivity index (χ2v) is 5.95. The van der Waals surface area contributed by atoms with Crippen LogP contribution in [0.4, 0.5) is 5.69 Å². The average molecular weight is 255 g/mol. The van der Waals surface area contributed by atoms with E-state index in [1.54, 1.807) is 24.3 Å². The summed E-state index contributed by atoms with van der Waals surface area (Å²) < 4.78 is 25.3. The summed E-state index contributed by atoms with van der Waals surface area (Å²) in [5, 5.41) is 6.63. The number of sulfonamides is 1. The minimum absolute atomic E-state index is 0.287. The van der Waals surface area contributed by atoms with Crippen LogP contribution in [0.25, 0.3) is 0 Å². The van der Waals surface area contributed by atoms with E-state index in [1.807, 2.05) is 0 Å². The molecular weight excluding hydrogens is 238 g/mol. The summed E-state index contributed by atoms with van der Waals surface area (Å²) in [6, 6.07) is 7.24. The van der Waals surface area contributed by atoms with Crippen molar-refractivity contribution < 1.29 is 8.42 Å². The van der Waals surface area contributed by atoms with E-state index < -0.39 is 10.0 Å². The van der Waals surface area contributed by atoms with Crippen LogP contribution in [0.2, 0.25) is 0 Å². The van der Waals surface area contributed by atoms with Gasteiger partial charge >= 0.3 is 0 Å². The quantitative estimate of drug-likeness (QED) is 0.727. The highest BCUT2D eigenvalue weighted by Crippen LogP contribution is 2.15. The van der Waals surface area contributed by atoms with E-state index in [-0.39, 0.29) is 4.90 Å². The Kier molecular flexibility index (Phi) is 3.66. The minimum Gasteiger partial charge on any atom is -0.381 e. The number of anilines is 1. The molecule has 0 aromatic heterocycles. The molecule has 0 spiro atoms. The largest absolute Gasteiger partial charge is 0.381 e. The maximum atomic E-state index is 11.5. The van der Waals surface area contributed by atoms with Crippen LogP contribution in [0.3, 0.4) is 0 Å². The SMILES string of the molecule is CNS(=O)(=O)c1ccc(NC2CCNC2)cc1. The molecule has 94 valence electrons. The summed E-state index contributed by atoms with van der Waals surface area (Å²) in [5.41, 5.74) is 0.953. The zero-order valence-corrected chi connectivity index (χ0v) is 10.5. The smallest absolute Gasteiger partial charge is 0.240 e. The van der Waals surface area contributed by atoms with Crippen molar-refractivity contribution in [1.82, 2.24) is 10.0 Å². The van der Waals surface area contributed by atoms with Gasteiger partial charge in [-0.05, 0) is 44.3 Å². The molecule has 1 aliphatic heterocycles. The predicted octanol–water partition coefficient (Wildman–Crippen LogP) is 0.368. The second kappa shape index (κ2) is 5.03. The van der Waals surface area contributed by atoms with E-state index in [1.165, 1.54) is 7.05 Å². The summed E-state index contributed by atoms with van der Waals surface area (Å²) in [6.45, 7) is 1.99. The van der Waals surface area contributed by atoms with Crippen molar-refractivity contribution in [3.05, 3.63) is 24.3 Å². The third-order valence-corrected chi connectivity index (χ3v) is 4.29. The van der Waals surface area contributed by atoms with E-state index in [4.69, 9.17) is 0 Å². The molecule has 1 fully saturated rings. The summed E-state index contributed by atoms with van der Waals surface area (Å²) in [4.78, 5) is 0.287. The topological polar surface area (TPSA) is 70.2 Å². The molecule has 0 radical (unpaired) electrons. The van der Waals surface area contributed by atoms with Gasteiger partial charge in [-0.1, -0.05) is 0 Å². The van der Waals surface area contributed by atoms with Crippen molar-refractivity contribution >= 4 is 15.7 Å². The molecular formula is C11H17N3O2S. The fourth-order valence-corrected chi connectivity index (χ4v) is 2.59. The molecule has 1 atom stereocenters. The molecule has 6 heteroatoms. The van der Waals surface area contributed by atoms with E-state index in [0.717, 1.165) is 25.2 Å². The molecule has 1 unspecified atom stereocenters. The van der Waals surface area contributed by atoms with Crippen molar-refractivity contribution in [3.8, 4) is 0 Å². The first-order chi connectivity index (χ1) is 8.12. The molecule has 0 aliphatic carbocycles. The van der Waals surface area contributed by atoms with Gasteiger partial charge in [-0.25, -0.2) is 13.1 Å². The maximum Gasteiger partial charge on any atom is 0.240 e. The zero-order valence-electron chi connectivity index (χ0n) is 9.73. The average Bonchev–Trinajstić information content (AvgIpc) is 2.83. The first-order valence-corrected chi connectivity index (χ1v) is 7.11. The highest BCUT2D eigenvalue weighted by atomic mass is 32.2. The maximum absolute atomic E-state index is 11.5. The van der Waals surface area contributed by atoms with Crippen LogP contribution in [0.5, 0.6) is 0 Å². The lowest BCUT2D eigenvalue weighted by molar-refractivity contribution is 0.588. The molecule has 17 heavy (non-hydrogen) atoms. The van der Waals surface area contributed by atoms with Gasteiger partial charge in [0, 0.05) is 18.3 Å². The van der Waals surface area contributed by atoms with Crippen LogP contribution in [-0.4, -0.2) is 34.6 Å². The highest BCUT2D eigenvalue weighted by molar-refractivity contribution is 7.89. The van der Waals surface area contributed by atoms with Gasteiger partial charge in [0.2, 0.25) is 10.0 Å². The monoisotopic (exact) mass is 255 g/mol.